The van der Waals surface area contributed by atoms with Gasteiger partial charge in [0.1, 0.15) is 5.69 Å². The minimum absolute atomic E-state index is 0.255. The second-order valence-corrected chi connectivity index (χ2v) is 13.4. The molecule has 0 radical (unpaired) electrons. The van der Waals surface area contributed by atoms with E-state index in [2.05, 4.69) is 10.9 Å². The molecule has 45 heavy (non-hydrogen) atoms. The van der Waals surface area contributed by atoms with Gasteiger partial charge in [0, 0.05) is 20.1 Å². The maximum absolute atomic E-state index is 6.83. The summed E-state index contributed by atoms with van der Waals surface area (Å²) in [7, 11) is 0. The van der Waals surface area contributed by atoms with Crippen LogP contribution in [0.15, 0.2) is 91.0 Å². The van der Waals surface area contributed by atoms with Crippen LogP contribution in [0.4, 0.5) is 28.4 Å². The van der Waals surface area contributed by atoms with Gasteiger partial charge in [-0.3, -0.25) is 10.9 Å². The van der Waals surface area contributed by atoms with E-state index < -0.39 is 0 Å². The van der Waals surface area contributed by atoms with Gasteiger partial charge in [-0.1, -0.05) is 116 Å². The van der Waals surface area contributed by atoms with E-state index in [4.69, 9.17) is 116 Å². The molecule has 15 heteroatoms. The van der Waals surface area contributed by atoms with Crippen molar-refractivity contribution in [2.75, 3.05) is 26.2 Å². The molecule has 232 valence electrons. The predicted molar refractivity (Wildman–Crippen MR) is 197 cm³/mol. The maximum atomic E-state index is 6.83. The molecule has 0 bridgehead atoms. The summed E-state index contributed by atoms with van der Waals surface area (Å²) in [6, 6.07) is 25.2. The molecular formula is C30H17Cl10N5. The molecular weight excluding hydrogens is 785 g/mol. The number of rotatable bonds is 9. The molecule has 0 amide bonds. The smallest absolute Gasteiger partial charge is 0.102 e. The van der Waals surface area contributed by atoms with Crippen LogP contribution in [0, 0.1) is 0 Å². The van der Waals surface area contributed by atoms with Crippen molar-refractivity contribution in [2.45, 2.75) is 0 Å². The molecule has 0 unspecified atom stereocenters. The first-order chi connectivity index (χ1) is 21.4. The molecule has 0 aliphatic rings. The summed E-state index contributed by atoms with van der Waals surface area (Å²) >= 11 is 64.6. The van der Waals surface area contributed by atoms with E-state index >= 15 is 0 Å². The van der Waals surface area contributed by atoms with Crippen LogP contribution in [0.25, 0.3) is 0 Å². The lowest BCUT2D eigenvalue weighted by Gasteiger charge is -2.45. The standard InChI is InChI=1S/C30H17Cl10N5/c31-16-1-4-20(5-2-16)41-44(30-8-3-17(32)12-28(30)40)45(21-6-7-23(35)24(36)13-21)43(22-10-18(33)9-19(34)11-22)42-29-15-26(38)25(37)14-27(29)39/h1-15,41-42H. The van der Waals surface area contributed by atoms with Gasteiger partial charge < -0.3 is 0 Å². The van der Waals surface area contributed by atoms with Crippen molar-refractivity contribution in [1.82, 2.24) is 0 Å². The zero-order chi connectivity index (χ0) is 32.4. The summed E-state index contributed by atoms with van der Waals surface area (Å²) in [6.45, 7) is 0. The summed E-state index contributed by atoms with van der Waals surface area (Å²) in [5, 5.41) is 8.24. The molecule has 0 fully saturated rings. The van der Waals surface area contributed by atoms with E-state index in [0.29, 0.717) is 58.6 Å². The Kier molecular flexibility index (Phi) is 11.3. The molecule has 0 atom stereocenters. The fraction of sp³-hybridized carbons (Fsp3) is 0. The second kappa shape index (κ2) is 14.8. The summed E-state index contributed by atoms with van der Waals surface area (Å²) in [4.78, 5) is 0. The number of anilines is 5. The lowest BCUT2D eigenvalue weighted by Crippen LogP contribution is -2.59. The Bertz CT molecular complexity index is 1830. The van der Waals surface area contributed by atoms with Crippen molar-refractivity contribution in [1.29, 1.82) is 0 Å². The number of benzene rings is 5. The Labute approximate surface area is 309 Å². The van der Waals surface area contributed by atoms with Gasteiger partial charge in [-0.2, -0.15) is 15.4 Å². The molecule has 0 saturated heterocycles. The number of nitrogens with zero attached hydrogens (tertiary/aromatic N) is 3. The Hall–Kier alpha value is -2.00. The zero-order valence-corrected chi connectivity index (χ0v) is 29.8. The molecule has 0 aromatic heterocycles. The van der Waals surface area contributed by atoms with E-state index in [0.717, 1.165) is 0 Å². The van der Waals surface area contributed by atoms with Crippen LogP contribution in [0.5, 0.6) is 0 Å². The molecule has 5 aromatic rings. The third-order valence-electron chi connectivity index (χ3n) is 6.06. The van der Waals surface area contributed by atoms with Crippen molar-refractivity contribution in [3.63, 3.8) is 0 Å². The summed E-state index contributed by atoms with van der Waals surface area (Å²) in [5.41, 5.74) is 9.10. The van der Waals surface area contributed by atoms with Crippen LogP contribution >= 0.6 is 116 Å². The first-order valence-electron chi connectivity index (χ1n) is 12.6. The van der Waals surface area contributed by atoms with E-state index in [1.54, 1.807) is 100 Å². The van der Waals surface area contributed by atoms with Crippen molar-refractivity contribution in [3.8, 4) is 0 Å². The summed E-state index contributed by atoms with van der Waals surface area (Å²) in [5.74, 6) is 0. The Morgan fingerprint density at radius 3 is 1.64 bits per heavy atom. The molecule has 5 rings (SSSR count). The highest BCUT2D eigenvalue weighted by atomic mass is 35.5. The fourth-order valence-electron chi connectivity index (χ4n) is 4.04. The minimum atomic E-state index is 0.255. The fourth-order valence-corrected chi connectivity index (χ4v) is 6.05. The van der Waals surface area contributed by atoms with Gasteiger partial charge >= 0.3 is 0 Å². The Morgan fingerprint density at radius 1 is 0.378 bits per heavy atom. The molecule has 5 aromatic carbocycles. The molecule has 0 aliphatic heterocycles. The number of hydrazine groups is 4. The Morgan fingerprint density at radius 2 is 1.00 bits per heavy atom. The number of nitrogens with one attached hydrogen (secondary N) is 2. The van der Waals surface area contributed by atoms with Gasteiger partial charge in [0.15, 0.2) is 0 Å². The average molecular weight is 802 g/mol. The minimum Gasteiger partial charge on any atom is -0.278 e. The normalized spacial score (nSPS) is 10.9. The number of hydrogen-bond donors (Lipinski definition) is 2. The molecule has 0 aliphatic carbocycles. The number of hydrogen-bond acceptors (Lipinski definition) is 5. The van der Waals surface area contributed by atoms with Crippen molar-refractivity contribution >= 4 is 144 Å². The van der Waals surface area contributed by atoms with Crippen LogP contribution in [0.2, 0.25) is 50.2 Å². The van der Waals surface area contributed by atoms with Gasteiger partial charge in [-0.25, -0.2) is 0 Å². The quantitative estimate of drug-likeness (QED) is 0.115. The molecule has 0 heterocycles. The van der Waals surface area contributed by atoms with Crippen LogP contribution < -0.4 is 26.2 Å². The van der Waals surface area contributed by atoms with Crippen molar-refractivity contribution in [3.05, 3.63) is 141 Å². The maximum Gasteiger partial charge on any atom is 0.102 e. The first kappa shape index (κ1) is 34.3. The second-order valence-electron chi connectivity index (χ2n) is 9.21. The van der Waals surface area contributed by atoms with Crippen molar-refractivity contribution in [2.24, 2.45) is 0 Å². The monoisotopic (exact) mass is 797 g/mol. The van der Waals surface area contributed by atoms with Crippen LogP contribution in [-0.2, 0) is 0 Å². The van der Waals surface area contributed by atoms with E-state index in [1.807, 2.05) is 0 Å². The van der Waals surface area contributed by atoms with Crippen molar-refractivity contribution < 1.29 is 0 Å². The Balaban J connectivity index is 1.81. The molecule has 0 saturated carbocycles. The molecule has 0 spiro atoms. The van der Waals surface area contributed by atoms with Gasteiger partial charge in [0.05, 0.1) is 52.9 Å². The zero-order valence-electron chi connectivity index (χ0n) is 22.3. The van der Waals surface area contributed by atoms with E-state index in [9.17, 15) is 0 Å². The highest BCUT2D eigenvalue weighted by Crippen LogP contribution is 2.39. The molecule has 2 N–H and O–H groups in total. The van der Waals surface area contributed by atoms with E-state index in [1.165, 1.54) is 6.07 Å². The van der Waals surface area contributed by atoms with Crippen LogP contribution in [-0.4, -0.2) is 0 Å². The summed E-state index contributed by atoms with van der Waals surface area (Å²) < 4.78 is 0. The lowest BCUT2D eigenvalue weighted by molar-refractivity contribution is 0.751. The van der Waals surface area contributed by atoms with Gasteiger partial charge in [0.25, 0.3) is 0 Å². The number of halogens is 10. The highest BCUT2D eigenvalue weighted by Gasteiger charge is 2.29. The SMILES string of the molecule is Clc1ccc(NN(c2ccc(Cl)cc2Cl)N(c2ccc(Cl)c(Cl)c2)N(Nc2cc(Cl)c(Cl)cc2Cl)c2cc(Cl)cc(Cl)c2)cc1. The lowest BCUT2D eigenvalue weighted by atomic mass is 10.3. The highest BCUT2D eigenvalue weighted by molar-refractivity contribution is 6.44. The third-order valence-corrected chi connectivity index (χ3v) is 9.06. The topological polar surface area (TPSA) is 33.8 Å². The summed E-state index contributed by atoms with van der Waals surface area (Å²) in [6.07, 6.45) is 0. The molecule has 5 nitrogen and oxygen atoms in total. The van der Waals surface area contributed by atoms with Gasteiger partial charge in [-0.05, 0) is 91.0 Å². The average Bonchev–Trinajstić information content (AvgIpc) is 2.97. The first-order valence-corrected chi connectivity index (χ1v) is 16.4. The largest absolute Gasteiger partial charge is 0.278 e. The van der Waals surface area contributed by atoms with Gasteiger partial charge in [-0.15, -0.1) is 0 Å². The third kappa shape index (κ3) is 8.30. The van der Waals surface area contributed by atoms with Crippen LogP contribution in [0.1, 0.15) is 0 Å². The predicted octanol–water partition coefficient (Wildman–Crippen LogP) is 13.9. The van der Waals surface area contributed by atoms with Crippen LogP contribution in [0.3, 0.4) is 0 Å². The van der Waals surface area contributed by atoms with E-state index in [-0.39, 0.29) is 20.1 Å². The van der Waals surface area contributed by atoms with Gasteiger partial charge in [0.2, 0.25) is 0 Å².